The smallest absolute Gasteiger partial charge is 0.224 e. The van der Waals surface area contributed by atoms with Crippen LogP contribution in [0.3, 0.4) is 0 Å². The highest BCUT2D eigenvalue weighted by Gasteiger charge is 2.22. The Labute approximate surface area is 263 Å². The molecule has 46 heavy (non-hydrogen) atoms. The molecule has 4 N–H and O–H groups in total. The summed E-state index contributed by atoms with van der Waals surface area (Å²) in [7, 11) is -3.48. The van der Waals surface area contributed by atoms with Gasteiger partial charge in [-0.05, 0) is 59.0 Å². The fraction of sp³-hybridized carbons (Fsp3) is 0.219. The molecule has 11 nitrogen and oxygen atoms in total. The van der Waals surface area contributed by atoms with Crippen molar-refractivity contribution in [3.63, 3.8) is 0 Å². The van der Waals surface area contributed by atoms with E-state index in [0.717, 1.165) is 6.26 Å². The molecule has 0 saturated heterocycles. The van der Waals surface area contributed by atoms with Crippen molar-refractivity contribution in [3.8, 4) is 33.8 Å². The minimum Gasteiger partial charge on any atom is -0.335 e. The number of anilines is 1. The van der Waals surface area contributed by atoms with Crippen LogP contribution in [0.25, 0.3) is 55.8 Å². The molecule has 0 fully saturated rings. The van der Waals surface area contributed by atoms with Gasteiger partial charge >= 0.3 is 0 Å². The highest BCUT2D eigenvalue weighted by Crippen LogP contribution is 2.36. The van der Waals surface area contributed by atoms with Gasteiger partial charge in [0.15, 0.2) is 11.5 Å². The number of aromatic amines is 2. The number of carbonyl (C=O) groups is 1. The number of rotatable bonds is 8. The van der Waals surface area contributed by atoms with Crippen molar-refractivity contribution in [2.24, 2.45) is 5.41 Å². The number of benzene rings is 2. The van der Waals surface area contributed by atoms with Gasteiger partial charge < -0.3 is 10.3 Å². The fourth-order valence-corrected chi connectivity index (χ4v) is 5.62. The Hall–Kier alpha value is -5.08. The molecule has 0 saturated carbocycles. The van der Waals surface area contributed by atoms with Crippen LogP contribution in [-0.4, -0.2) is 50.7 Å². The van der Waals surface area contributed by atoms with Crippen molar-refractivity contribution in [3.05, 3.63) is 78.3 Å². The lowest BCUT2D eigenvalue weighted by Crippen LogP contribution is -2.21. The van der Waals surface area contributed by atoms with E-state index in [9.17, 15) is 17.6 Å². The molecule has 0 unspecified atom stereocenters. The van der Waals surface area contributed by atoms with Crippen LogP contribution >= 0.6 is 0 Å². The molecule has 6 rings (SSSR count). The number of imidazole rings is 1. The van der Waals surface area contributed by atoms with E-state index < -0.39 is 21.7 Å². The number of carbonyl (C=O) groups excluding carboxylic acids is 1. The van der Waals surface area contributed by atoms with Gasteiger partial charge in [0.05, 0.1) is 34.6 Å². The van der Waals surface area contributed by atoms with Crippen LogP contribution in [0.2, 0.25) is 0 Å². The van der Waals surface area contributed by atoms with Crippen LogP contribution in [-0.2, 0) is 21.4 Å². The van der Waals surface area contributed by atoms with E-state index in [1.807, 2.05) is 20.8 Å². The first-order chi connectivity index (χ1) is 21.7. The minimum atomic E-state index is -3.48. The molecule has 0 atom stereocenters. The Bertz CT molecular complexity index is 2240. The summed E-state index contributed by atoms with van der Waals surface area (Å²) in [6.45, 7) is 5.81. The maximum Gasteiger partial charge on any atom is 0.224 e. The van der Waals surface area contributed by atoms with Gasteiger partial charge in [-0.15, -0.1) is 0 Å². The van der Waals surface area contributed by atoms with E-state index >= 15 is 4.39 Å². The lowest BCUT2D eigenvalue weighted by molar-refractivity contribution is -0.117. The van der Waals surface area contributed by atoms with E-state index in [4.69, 9.17) is 0 Å². The van der Waals surface area contributed by atoms with Crippen LogP contribution < -0.4 is 10.0 Å². The van der Waals surface area contributed by atoms with Crippen LogP contribution in [0.5, 0.6) is 0 Å². The quantitative estimate of drug-likeness (QED) is 0.160. The van der Waals surface area contributed by atoms with E-state index in [-0.39, 0.29) is 40.3 Å². The Morgan fingerprint density at radius 3 is 2.57 bits per heavy atom. The number of amides is 1. The number of nitrogens with zero attached hydrogens (tertiary/aromatic N) is 4. The molecule has 4 heterocycles. The van der Waals surface area contributed by atoms with Gasteiger partial charge in [0.2, 0.25) is 15.9 Å². The molecule has 0 aliphatic rings. The van der Waals surface area contributed by atoms with Gasteiger partial charge in [0.1, 0.15) is 17.3 Å². The summed E-state index contributed by atoms with van der Waals surface area (Å²) in [5.74, 6) is -1.05. The van der Waals surface area contributed by atoms with Crippen molar-refractivity contribution in [2.75, 3.05) is 11.6 Å². The third kappa shape index (κ3) is 6.62. The third-order valence-corrected chi connectivity index (χ3v) is 7.78. The Morgan fingerprint density at radius 1 is 1.00 bits per heavy atom. The van der Waals surface area contributed by atoms with E-state index in [1.165, 1.54) is 30.7 Å². The minimum absolute atomic E-state index is 0.0887. The number of aromatic nitrogens is 6. The number of sulfonamides is 1. The summed E-state index contributed by atoms with van der Waals surface area (Å²) in [6.07, 6.45) is 5.87. The molecule has 0 bridgehead atoms. The first-order valence-corrected chi connectivity index (χ1v) is 16.1. The average Bonchev–Trinajstić information content (AvgIpc) is 3.59. The maximum atomic E-state index is 16.3. The van der Waals surface area contributed by atoms with Gasteiger partial charge in [0.25, 0.3) is 0 Å². The second-order valence-corrected chi connectivity index (χ2v) is 14.1. The Balaban J connectivity index is 1.38. The highest BCUT2D eigenvalue weighted by molar-refractivity contribution is 7.88. The van der Waals surface area contributed by atoms with Gasteiger partial charge in [0, 0.05) is 42.0 Å². The summed E-state index contributed by atoms with van der Waals surface area (Å²) < 4.78 is 56.4. The zero-order valence-electron chi connectivity index (χ0n) is 25.4. The second kappa shape index (κ2) is 11.7. The monoisotopic (exact) mass is 644 g/mol. The molecule has 1 amide bonds. The molecule has 0 radical (unpaired) electrons. The SMILES string of the molecule is CC(C)(C)CC(=O)Nc1cncc(-c2ccc3[nH]nc(-c4nc5nccc(-c6cc(F)cc(CNS(C)(=O)=O)c6)c5[nH]4)c3c2F)c1. The number of fused-ring (bicyclic) bond motifs is 2. The Kier molecular flexibility index (Phi) is 7.86. The molecule has 0 aliphatic heterocycles. The summed E-state index contributed by atoms with van der Waals surface area (Å²) in [5.41, 5.74) is 3.79. The van der Waals surface area contributed by atoms with Crippen LogP contribution in [0.4, 0.5) is 14.5 Å². The number of nitrogens with one attached hydrogen (secondary N) is 4. The third-order valence-electron chi connectivity index (χ3n) is 7.11. The molecule has 4 aromatic heterocycles. The Morgan fingerprint density at radius 2 is 1.80 bits per heavy atom. The lowest BCUT2D eigenvalue weighted by atomic mass is 9.92. The van der Waals surface area contributed by atoms with Gasteiger partial charge in [-0.25, -0.2) is 31.9 Å². The van der Waals surface area contributed by atoms with Crippen molar-refractivity contribution < 1.29 is 22.0 Å². The van der Waals surface area contributed by atoms with E-state index in [0.29, 0.717) is 51.0 Å². The summed E-state index contributed by atoms with van der Waals surface area (Å²) >= 11 is 0. The van der Waals surface area contributed by atoms with Crippen molar-refractivity contribution in [2.45, 2.75) is 33.7 Å². The number of halogens is 2. The molecular weight excluding hydrogens is 614 g/mol. The zero-order valence-corrected chi connectivity index (χ0v) is 26.2. The highest BCUT2D eigenvalue weighted by atomic mass is 32.2. The second-order valence-electron chi connectivity index (χ2n) is 12.3. The van der Waals surface area contributed by atoms with Gasteiger partial charge in [-0.1, -0.05) is 20.8 Å². The van der Waals surface area contributed by atoms with Crippen molar-refractivity contribution >= 4 is 43.7 Å². The molecular formula is C32H30F2N8O3S. The van der Waals surface area contributed by atoms with Crippen LogP contribution in [0.15, 0.2) is 61.1 Å². The van der Waals surface area contributed by atoms with Crippen LogP contribution in [0, 0.1) is 17.0 Å². The fourth-order valence-electron chi connectivity index (χ4n) is 5.20. The number of pyridine rings is 2. The molecule has 0 spiro atoms. The van der Waals surface area contributed by atoms with Gasteiger partial charge in [-0.3, -0.25) is 14.9 Å². The molecule has 2 aromatic carbocycles. The summed E-state index contributed by atoms with van der Waals surface area (Å²) in [5, 5.41) is 10.2. The topological polar surface area (TPSA) is 158 Å². The number of hydrogen-bond donors (Lipinski definition) is 4. The molecule has 236 valence electrons. The van der Waals surface area contributed by atoms with Crippen molar-refractivity contribution in [1.29, 1.82) is 0 Å². The first-order valence-electron chi connectivity index (χ1n) is 14.3. The predicted molar refractivity (Wildman–Crippen MR) is 172 cm³/mol. The maximum absolute atomic E-state index is 16.3. The number of hydrogen-bond acceptors (Lipinski definition) is 7. The largest absolute Gasteiger partial charge is 0.335 e. The average molecular weight is 645 g/mol. The zero-order chi connectivity index (χ0) is 32.8. The standard InChI is InChI=1S/C32H30F2N8O3S/c1-32(2,3)13-25(43)38-21-12-19(15-35-16-21)22-5-6-24-26(27(22)34)29(42-41-24)31-39-28-23(7-8-36-30(28)40-31)18-9-17(10-20(33)11-18)14-37-46(4,44)45/h5-12,15-16,37H,13-14H2,1-4H3,(H,38,43)(H,41,42)(H,36,39,40). The van der Waals surface area contributed by atoms with Crippen LogP contribution in [0.1, 0.15) is 32.8 Å². The lowest BCUT2D eigenvalue weighted by Gasteiger charge is -2.17. The summed E-state index contributed by atoms with van der Waals surface area (Å²) in [6, 6.07) is 10.9. The number of H-pyrrole nitrogens is 2. The molecule has 0 aliphatic carbocycles. The predicted octanol–water partition coefficient (Wildman–Crippen LogP) is 5.93. The normalized spacial score (nSPS) is 12.2. The molecule has 6 aromatic rings. The van der Waals surface area contributed by atoms with Crippen molar-refractivity contribution in [1.82, 2.24) is 34.9 Å². The molecule has 14 heteroatoms. The van der Waals surface area contributed by atoms with E-state index in [1.54, 1.807) is 30.3 Å². The summed E-state index contributed by atoms with van der Waals surface area (Å²) in [4.78, 5) is 28.8. The first kappa shape index (κ1) is 30.9. The van der Waals surface area contributed by atoms with Gasteiger partial charge in [-0.2, -0.15) is 5.10 Å². The van der Waals surface area contributed by atoms with E-state index in [2.05, 4.69) is 40.2 Å².